The summed E-state index contributed by atoms with van der Waals surface area (Å²) in [6, 6.07) is 11.1. The molecule has 2 aromatic rings. The van der Waals surface area contributed by atoms with Crippen LogP contribution in [-0.2, 0) is 4.79 Å². The zero-order valence-corrected chi connectivity index (χ0v) is 13.6. The monoisotopic (exact) mass is 342 g/mol. The summed E-state index contributed by atoms with van der Waals surface area (Å²) >= 11 is 0. The highest BCUT2D eigenvalue weighted by molar-refractivity contribution is 6.16. The second kappa shape index (κ2) is 7.93. The molecule has 0 heterocycles. The lowest BCUT2D eigenvalue weighted by molar-refractivity contribution is -0.117. The van der Waals surface area contributed by atoms with Crippen molar-refractivity contribution >= 4 is 17.4 Å². The van der Waals surface area contributed by atoms with Gasteiger partial charge in [0.05, 0.1) is 25.9 Å². The van der Waals surface area contributed by atoms with Gasteiger partial charge in [-0.3, -0.25) is 9.59 Å². The Labute approximate surface area is 143 Å². The van der Waals surface area contributed by atoms with E-state index in [4.69, 9.17) is 9.47 Å². The number of carbonyl (C=O) groups excluding carboxylic acids is 2. The maximum absolute atomic E-state index is 12.9. The van der Waals surface area contributed by atoms with E-state index < -0.39 is 23.4 Å². The van der Waals surface area contributed by atoms with Gasteiger partial charge in [0, 0.05) is 11.8 Å². The van der Waals surface area contributed by atoms with Gasteiger partial charge in [0.1, 0.15) is 17.3 Å². The van der Waals surface area contributed by atoms with Crippen molar-refractivity contribution in [2.75, 3.05) is 19.5 Å². The number of nitrogens with zero attached hydrogens (tertiary/aromatic N) is 1. The summed E-state index contributed by atoms with van der Waals surface area (Å²) < 4.78 is 23.1. The zero-order chi connectivity index (χ0) is 18.4. The van der Waals surface area contributed by atoms with E-state index in [0.29, 0.717) is 5.75 Å². The molecule has 0 bridgehead atoms. The molecule has 0 spiro atoms. The Morgan fingerprint density at radius 3 is 2.36 bits per heavy atom. The number of hydrogen-bond donors (Lipinski definition) is 1. The molecule has 6 nitrogen and oxygen atoms in total. The van der Waals surface area contributed by atoms with Gasteiger partial charge in [-0.1, -0.05) is 0 Å². The minimum Gasteiger partial charge on any atom is -0.497 e. The lowest BCUT2D eigenvalue weighted by Crippen LogP contribution is -2.29. The molecule has 1 atom stereocenters. The number of halogens is 1. The van der Waals surface area contributed by atoms with Crippen molar-refractivity contribution in [1.82, 2.24) is 0 Å². The molecule has 0 aliphatic rings. The average Bonchev–Trinajstić information content (AvgIpc) is 2.63. The molecule has 7 heteroatoms. The summed E-state index contributed by atoms with van der Waals surface area (Å²) in [5.74, 6) is -2.89. The fourth-order valence-electron chi connectivity index (χ4n) is 2.14. The Balaban J connectivity index is 2.25. The Morgan fingerprint density at radius 1 is 1.12 bits per heavy atom. The number of ether oxygens (including phenoxy) is 2. The number of amides is 1. The summed E-state index contributed by atoms with van der Waals surface area (Å²) in [5.41, 5.74) is 0.366. The van der Waals surface area contributed by atoms with Crippen LogP contribution >= 0.6 is 0 Å². The predicted octanol–water partition coefficient (Wildman–Crippen LogP) is 2.80. The second-order valence-corrected chi connectivity index (χ2v) is 4.99. The summed E-state index contributed by atoms with van der Waals surface area (Å²) in [4.78, 5) is 24.8. The van der Waals surface area contributed by atoms with Gasteiger partial charge in [-0.05, 0) is 36.4 Å². The van der Waals surface area contributed by atoms with Crippen LogP contribution in [0.15, 0.2) is 42.5 Å². The molecule has 2 aromatic carbocycles. The topological polar surface area (TPSA) is 88.4 Å². The maximum atomic E-state index is 12.9. The number of ketones is 1. The van der Waals surface area contributed by atoms with Crippen LogP contribution in [0.5, 0.6) is 11.5 Å². The second-order valence-electron chi connectivity index (χ2n) is 4.99. The molecule has 1 unspecified atom stereocenters. The van der Waals surface area contributed by atoms with Crippen LogP contribution in [0.3, 0.4) is 0 Å². The van der Waals surface area contributed by atoms with Crippen LogP contribution in [0.25, 0.3) is 0 Å². The fraction of sp³-hybridized carbons (Fsp3) is 0.167. The van der Waals surface area contributed by atoms with E-state index in [0.717, 1.165) is 12.1 Å². The van der Waals surface area contributed by atoms with Crippen LogP contribution in [0.1, 0.15) is 10.4 Å². The fourth-order valence-corrected chi connectivity index (χ4v) is 2.14. The van der Waals surface area contributed by atoms with Crippen molar-refractivity contribution in [1.29, 1.82) is 5.26 Å². The average molecular weight is 342 g/mol. The van der Waals surface area contributed by atoms with Crippen molar-refractivity contribution in [2.24, 2.45) is 5.92 Å². The largest absolute Gasteiger partial charge is 0.497 e. The molecule has 128 valence electrons. The van der Waals surface area contributed by atoms with E-state index in [9.17, 15) is 19.2 Å². The molecule has 0 aliphatic heterocycles. The molecular weight excluding hydrogens is 327 g/mol. The number of carbonyl (C=O) groups is 2. The molecule has 2 rings (SSSR count). The highest BCUT2D eigenvalue weighted by Crippen LogP contribution is 2.27. The predicted molar refractivity (Wildman–Crippen MR) is 88.0 cm³/mol. The van der Waals surface area contributed by atoms with E-state index in [1.165, 1.54) is 44.6 Å². The van der Waals surface area contributed by atoms with Crippen LogP contribution in [0.2, 0.25) is 0 Å². The Morgan fingerprint density at radius 2 is 1.80 bits per heavy atom. The Bertz CT molecular complexity index is 828. The number of anilines is 1. The standard InChI is InChI=1S/C18H15FN2O4/c1-24-13-7-8-14(16(9-13)25-2)17(22)15(10-20)18(23)21-12-5-3-11(19)4-6-12/h3-9,15H,1-2H3,(H,21,23). The molecule has 0 aliphatic carbocycles. The van der Waals surface area contributed by atoms with Crippen molar-refractivity contribution in [3.05, 3.63) is 53.8 Å². The van der Waals surface area contributed by atoms with E-state index >= 15 is 0 Å². The Hall–Kier alpha value is -3.40. The highest BCUT2D eigenvalue weighted by atomic mass is 19.1. The van der Waals surface area contributed by atoms with Crippen molar-refractivity contribution in [3.63, 3.8) is 0 Å². The molecule has 0 aromatic heterocycles. The van der Waals surface area contributed by atoms with E-state index in [-0.39, 0.29) is 17.0 Å². The molecule has 0 fully saturated rings. The first-order valence-corrected chi connectivity index (χ1v) is 7.22. The van der Waals surface area contributed by atoms with Crippen LogP contribution in [0.4, 0.5) is 10.1 Å². The summed E-state index contributed by atoms with van der Waals surface area (Å²) in [6.07, 6.45) is 0. The van der Waals surface area contributed by atoms with Gasteiger partial charge >= 0.3 is 0 Å². The number of hydrogen-bond acceptors (Lipinski definition) is 5. The number of methoxy groups -OCH3 is 2. The normalized spacial score (nSPS) is 11.1. The van der Waals surface area contributed by atoms with Crippen molar-refractivity contribution in [3.8, 4) is 17.6 Å². The van der Waals surface area contributed by atoms with Crippen LogP contribution in [-0.4, -0.2) is 25.9 Å². The molecule has 25 heavy (non-hydrogen) atoms. The smallest absolute Gasteiger partial charge is 0.249 e. The van der Waals surface area contributed by atoms with Crippen molar-refractivity contribution < 1.29 is 23.5 Å². The molecular formula is C18H15FN2O4. The summed E-state index contributed by atoms with van der Waals surface area (Å²) in [6.45, 7) is 0. The molecule has 1 amide bonds. The zero-order valence-electron chi connectivity index (χ0n) is 13.6. The quantitative estimate of drug-likeness (QED) is 0.644. The van der Waals surface area contributed by atoms with Crippen LogP contribution < -0.4 is 14.8 Å². The highest BCUT2D eigenvalue weighted by Gasteiger charge is 2.30. The first-order valence-electron chi connectivity index (χ1n) is 7.22. The molecule has 0 saturated heterocycles. The van der Waals surface area contributed by atoms with Gasteiger partial charge in [-0.25, -0.2) is 4.39 Å². The van der Waals surface area contributed by atoms with Gasteiger partial charge < -0.3 is 14.8 Å². The van der Waals surface area contributed by atoms with Gasteiger partial charge in [0.25, 0.3) is 0 Å². The molecule has 1 N–H and O–H groups in total. The van der Waals surface area contributed by atoms with Gasteiger partial charge in [-0.2, -0.15) is 5.26 Å². The van der Waals surface area contributed by atoms with E-state index in [1.807, 2.05) is 0 Å². The Kier molecular flexibility index (Phi) is 5.69. The molecule has 0 saturated carbocycles. The lowest BCUT2D eigenvalue weighted by Gasteiger charge is -2.13. The summed E-state index contributed by atoms with van der Waals surface area (Å²) in [7, 11) is 2.83. The number of rotatable bonds is 6. The number of Topliss-reactive ketones (excluding diaryl/α,β-unsaturated/α-hetero) is 1. The van der Waals surface area contributed by atoms with Gasteiger partial charge in [0.15, 0.2) is 11.7 Å². The van der Waals surface area contributed by atoms with Crippen LogP contribution in [0, 0.1) is 23.1 Å². The van der Waals surface area contributed by atoms with E-state index in [1.54, 1.807) is 6.07 Å². The van der Waals surface area contributed by atoms with Crippen molar-refractivity contribution in [2.45, 2.75) is 0 Å². The SMILES string of the molecule is COc1ccc(C(=O)C(C#N)C(=O)Nc2ccc(F)cc2)c(OC)c1. The minimum atomic E-state index is -1.58. The molecule has 0 radical (unpaired) electrons. The van der Waals surface area contributed by atoms with Gasteiger partial charge in [-0.15, -0.1) is 0 Å². The third-order valence-corrected chi connectivity index (χ3v) is 3.44. The number of benzene rings is 2. The third-order valence-electron chi connectivity index (χ3n) is 3.44. The minimum absolute atomic E-state index is 0.0871. The van der Waals surface area contributed by atoms with Gasteiger partial charge in [0.2, 0.25) is 5.91 Å². The van der Waals surface area contributed by atoms with E-state index in [2.05, 4.69) is 5.32 Å². The third kappa shape index (κ3) is 4.12. The summed E-state index contributed by atoms with van der Waals surface area (Å²) in [5, 5.41) is 11.7. The first-order chi connectivity index (χ1) is 12.0. The maximum Gasteiger partial charge on any atom is 0.249 e. The number of nitriles is 1. The lowest BCUT2D eigenvalue weighted by atomic mass is 9.97. The first kappa shape index (κ1) is 17.9. The number of nitrogens with one attached hydrogen (secondary N) is 1.